The van der Waals surface area contributed by atoms with Crippen LogP contribution in [0.5, 0.6) is 0 Å². The van der Waals surface area contributed by atoms with E-state index in [4.69, 9.17) is 15.0 Å². The molecule has 11 aromatic carbocycles. The van der Waals surface area contributed by atoms with E-state index in [1.807, 2.05) is 24.3 Å². The molecule has 0 atom stereocenters. The first-order valence-electron chi connectivity index (χ1n) is 25.4. The van der Waals surface area contributed by atoms with Crippen molar-refractivity contribution in [3.8, 4) is 73.5 Å². The molecule has 0 aliphatic heterocycles. The van der Waals surface area contributed by atoms with Crippen LogP contribution in [-0.4, -0.2) is 28.7 Å². The average molecular weight is 957 g/mol. The number of nitrogens with zero attached hydrogens (tertiary/aromatic N) is 6. The van der Waals surface area contributed by atoms with Crippen molar-refractivity contribution in [3.63, 3.8) is 0 Å². The van der Waals surface area contributed by atoms with Gasteiger partial charge in [0.15, 0.2) is 11.6 Å². The molecule has 0 saturated carbocycles. The number of hydrogen-bond donors (Lipinski definition) is 0. The SMILES string of the molecule is c1ccc(-c2ccc(-c3nc(-c4ccccc4)nc(-n4c5ccccc5c5ccc6c7ccccc7n(-c7cc8c9ccccc9n(-c9ccccc9)c8c(-c8ccccc8)c7-c7ccccc7)c6c54)n3)cc2)cc1. The third-order valence-corrected chi connectivity index (χ3v) is 14.9. The maximum Gasteiger partial charge on any atom is 0.238 e. The molecule has 0 bridgehead atoms. The number of rotatable bonds is 8. The smallest absolute Gasteiger partial charge is 0.238 e. The Bertz CT molecular complexity index is 4660. The molecule has 15 aromatic rings. The molecule has 4 aromatic heterocycles. The molecule has 4 heterocycles. The first-order chi connectivity index (χ1) is 37.2. The van der Waals surface area contributed by atoms with Crippen LogP contribution in [0.25, 0.3) is 139 Å². The van der Waals surface area contributed by atoms with Crippen LogP contribution in [0.2, 0.25) is 0 Å². The van der Waals surface area contributed by atoms with E-state index in [2.05, 4.69) is 256 Å². The van der Waals surface area contributed by atoms with Gasteiger partial charge in [-0.15, -0.1) is 0 Å². The van der Waals surface area contributed by atoms with Crippen LogP contribution >= 0.6 is 0 Å². The van der Waals surface area contributed by atoms with E-state index in [-0.39, 0.29) is 0 Å². The molecule has 0 amide bonds. The van der Waals surface area contributed by atoms with Gasteiger partial charge in [0.2, 0.25) is 5.95 Å². The predicted molar refractivity (Wildman–Crippen MR) is 310 cm³/mol. The maximum absolute atomic E-state index is 5.49. The predicted octanol–water partition coefficient (Wildman–Crippen LogP) is 17.5. The van der Waals surface area contributed by atoms with Gasteiger partial charge in [-0.1, -0.05) is 231 Å². The fraction of sp³-hybridized carbons (Fsp3) is 0. The Kier molecular flexibility index (Phi) is 9.78. The van der Waals surface area contributed by atoms with Crippen molar-refractivity contribution in [2.75, 3.05) is 0 Å². The highest BCUT2D eigenvalue weighted by Gasteiger charge is 2.29. The summed E-state index contributed by atoms with van der Waals surface area (Å²) in [6, 6.07) is 95.4. The fourth-order valence-electron chi connectivity index (χ4n) is 11.6. The lowest BCUT2D eigenvalue weighted by atomic mass is 9.90. The highest BCUT2D eigenvalue weighted by atomic mass is 15.2. The molecule has 0 saturated heterocycles. The summed E-state index contributed by atoms with van der Waals surface area (Å²) in [6.45, 7) is 0. The van der Waals surface area contributed by atoms with E-state index < -0.39 is 0 Å². The Labute approximate surface area is 432 Å². The van der Waals surface area contributed by atoms with Crippen molar-refractivity contribution in [1.82, 2.24) is 28.7 Å². The number of benzene rings is 11. The first-order valence-corrected chi connectivity index (χ1v) is 25.4. The highest BCUT2D eigenvalue weighted by Crippen LogP contribution is 2.50. The summed E-state index contributed by atoms with van der Waals surface area (Å²) >= 11 is 0. The van der Waals surface area contributed by atoms with Gasteiger partial charge in [0.1, 0.15) is 0 Å². The van der Waals surface area contributed by atoms with Gasteiger partial charge < -0.3 is 9.13 Å². The Morgan fingerprint density at radius 2 is 0.627 bits per heavy atom. The van der Waals surface area contributed by atoms with Crippen molar-refractivity contribution in [2.45, 2.75) is 0 Å². The molecule has 75 heavy (non-hydrogen) atoms. The number of fused-ring (bicyclic) bond motifs is 10. The minimum absolute atomic E-state index is 0.538. The molecule has 6 nitrogen and oxygen atoms in total. The molecule has 0 unspecified atom stereocenters. The molecule has 15 rings (SSSR count). The lowest BCUT2D eigenvalue weighted by Crippen LogP contribution is -2.07. The lowest BCUT2D eigenvalue weighted by Gasteiger charge is -2.22. The van der Waals surface area contributed by atoms with Gasteiger partial charge in [-0.05, 0) is 58.7 Å². The van der Waals surface area contributed by atoms with Crippen molar-refractivity contribution in [2.24, 2.45) is 0 Å². The minimum atomic E-state index is 0.538. The molecule has 0 fully saturated rings. The van der Waals surface area contributed by atoms with Gasteiger partial charge >= 0.3 is 0 Å². The number of para-hydroxylation sites is 4. The quantitative estimate of drug-likeness (QED) is 0.152. The minimum Gasteiger partial charge on any atom is -0.309 e. The molecule has 6 heteroatoms. The largest absolute Gasteiger partial charge is 0.309 e. The molecule has 0 aliphatic rings. The van der Waals surface area contributed by atoms with Crippen molar-refractivity contribution in [3.05, 3.63) is 267 Å². The zero-order valence-electron chi connectivity index (χ0n) is 40.6. The van der Waals surface area contributed by atoms with E-state index in [0.717, 1.165) is 116 Å². The monoisotopic (exact) mass is 956 g/mol. The second kappa shape index (κ2) is 17.3. The van der Waals surface area contributed by atoms with Crippen molar-refractivity contribution in [1.29, 1.82) is 0 Å². The third kappa shape index (κ3) is 6.77. The van der Waals surface area contributed by atoms with E-state index in [1.54, 1.807) is 0 Å². The highest BCUT2D eigenvalue weighted by molar-refractivity contribution is 6.25. The Morgan fingerprint density at radius 3 is 1.19 bits per heavy atom. The van der Waals surface area contributed by atoms with Crippen molar-refractivity contribution < 1.29 is 0 Å². The zero-order chi connectivity index (χ0) is 49.4. The van der Waals surface area contributed by atoms with Crippen LogP contribution in [0.1, 0.15) is 0 Å². The standard InChI is InChI=1S/C69H44N6/c1-6-22-45(23-7-1)46-38-40-50(41-39-46)68-70-67(49-28-12-4-13-29-49)71-69(72-68)75-60-37-21-17-33-53(60)56-43-42-55-52-32-16-20-36-59(52)74(65(55)66(56)75)61-44-57-54-34-18-19-35-58(54)73(51-30-14-5-15-31-51)64(57)63(48-26-10-3-11-27-48)62(61)47-24-8-2-9-25-47/h1-44H. The summed E-state index contributed by atoms with van der Waals surface area (Å²) in [5.74, 6) is 1.73. The number of aromatic nitrogens is 6. The summed E-state index contributed by atoms with van der Waals surface area (Å²) in [5, 5.41) is 6.83. The Hall–Kier alpha value is -10.2. The van der Waals surface area contributed by atoms with Gasteiger partial charge in [-0.25, -0.2) is 4.98 Å². The molecule has 0 N–H and O–H groups in total. The van der Waals surface area contributed by atoms with Crippen LogP contribution in [-0.2, 0) is 0 Å². The van der Waals surface area contributed by atoms with Gasteiger partial charge in [0.25, 0.3) is 0 Å². The lowest BCUT2D eigenvalue weighted by molar-refractivity contribution is 0.953. The van der Waals surface area contributed by atoms with E-state index >= 15 is 0 Å². The van der Waals surface area contributed by atoms with Gasteiger partial charge in [0, 0.05) is 60.3 Å². The van der Waals surface area contributed by atoms with E-state index in [0.29, 0.717) is 17.6 Å². The fourth-order valence-corrected chi connectivity index (χ4v) is 11.6. The topological polar surface area (TPSA) is 53.5 Å². The zero-order valence-corrected chi connectivity index (χ0v) is 40.6. The van der Waals surface area contributed by atoms with Crippen LogP contribution in [0.4, 0.5) is 0 Å². The van der Waals surface area contributed by atoms with Crippen LogP contribution in [0.3, 0.4) is 0 Å². The van der Waals surface area contributed by atoms with Crippen molar-refractivity contribution >= 4 is 65.4 Å². The molecular weight excluding hydrogens is 913 g/mol. The third-order valence-electron chi connectivity index (χ3n) is 14.9. The van der Waals surface area contributed by atoms with Gasteiger partial charge in [-0.2, -0.15) is 9.97 Å². The summed E-state index contributed by atoms with van der Waals surface area (Å²) < 4.78 is 7.29. The average Bonchev–Trinajstić information content (AvgIpc) is 4.24. The molecular formula is C69H44N6. The van der Waals surface area contributed by atoms with Crippen LogP contribution in [0, 0.1) is 0 Å². The second-order valence-corrected chi connectivity index (χ2v) is 19.1. The van der Waals surface area contributed by atoms with Crippen LogP contribution in [0.15, 0.2) is 267 Å². The first kappa shape index (κ1) is 42.5. The molecule has 0 aliphatic carbocycles. The number of hydrogen-bond acceptors (Lipinski definition) is 3. The Morgan fingerprint density at radius 1 is 0.240 bits per heavy atom. The summed E-state index contributed by atoms with van der Waals surface area (Å²) in [6.07, 6.45) is 0. The molecule has 0 radical (unpaired) electrons. The van der Waals surface area contributed by atoms with Gasteiger partial charge in [0.05, 0.1) is 38.8 Å². The Balaban J connectivity index is 1.11. The van der Waals surface area contributed by atoms with Gasteiger partial charge in [-0.3, -0.25) is 4.57 Å². The van der Waals surface area contributed by atoms with Crippen LogP contribution < -0.4 is 0 Å². The molecule has 0 spiro atoms. The van der Waals surface area contributed by atoms with E-state index in [9.17, 15) is 0 Å². The summed E-state index contributed by atoms with van der Waals surface area (Å²) in [7, 11) is 0. The summed E-state index contributed by atoms with van der Waals surface area (Å²) in [5.41, 5.74) is 17.3. The summed E-state index contributed by atoms with van der Waals surface area (Å²) in [4.78, 5) is 16.2. The van der Waals surface area contributed by atoms with E-state index in [1.165, 1.54) is 5.39 Å². The normalized spacial score (nSPS) is 11.7. The maximum atomic E-state index is 5.49. The second-order valence-electron chi connectivity index (χ2n) is 19.1. The molecule has 350 valence electrons.